The molecule has 1 N–H and O–H groups in total. The third-order valence-electron chi connectivity index (χ3n) is 4.19. The first-order valence-electron chi connectivity index (χ1n) is 6.93. The number of nitrogens with zero attached hydrogens (tertiary/aromatic N) is 2. The van der Waals surface area contributed by atoms with Crippen LogP contribution < -0.4 is 5.32 Å². The number of hydrogen-bond donors (Lipinski definition) is 1. The number of rotatable bonds is 2. The highest BCUT2D eigenvalue weighted by Gasteiger charge is 2.44. The summed E-state index contributed by atoms with van der Waals surface area (Å²) in [4.78, 5) is 8.08. The summed E-state index contributed by atoms with van der Waals surface area (Å²) in [5, 5.41) is 3.42. The Hall–Kier alpha value is -1.07. The van der Waals surface area contributed by atoms with Crippen molar-refractivity contribution in [2.75, 3.05) is 26.3 Å². The third kappa shape index (κ3) is 2.77. The van der Waals surface area contributed by atoms with Gasteiger partial charge >= 0.3 is 0 Å². The molecule has 2 heterocycles. The van der Waals surface area contributed by atoms with E-state index in [1.165, 1.54) is 6.20 Å². The lowest BCUT2D eigenvalue weighted by Crippen LogP contribution is -2.47. The maximum atomic E-state index is 13.6. The van der Waals surface area contributed by atoms with Gasteiger partial charge in [0.2, 0.25) is 0 Å². The van der Waals surface area contributed by atoms with Crippen LogP contribution >= 0.6 is 0 Å². The van der Waals surface area contributed by atoms with Gasteiger partial charge in [0, 0.05) is 18.5 Å². The lowest BCUT2D eigenvalue weighted by Gasteiger charge is -2.47. The Labute approximate surface area is 112 Å². The molecule has 0 atom stereocenters. The molecule has 2 fully saturated rings. The average Bonchev–Trinajstić information content (AvgIpc) is 2.59. The summed E-state index contributed by atoms with van der Waals surface area (Å²) >= 11 is 0. The fourth-order valence-electron chi connectivity index (χ4n) is 3.33. The zero-order valence-electron chi connectivity index (χ0n) is 11.3. The van der Waals surface area contributed by atoms with E-state index in [4.69, 9.17) is 4.74 Å². The first kappa shape index (κ1) is 12.9. The van der Waals surface area contributed by atoms with E-state index >= 15 is 0 Å². The van der Waals surface area contributed by atoms with Gasteiger partial charge in [-0.1, -0.05) is 0 Å². The van der Waals surface area contributed by atoms with E-state index < -0.39 is 0 Å². The molecular weight excluding hydrogens is 245 g/mol. The fourth-order valence-corrected chi connectivity index (χ4v) is 3.33. The molecule has 104 valence electrons. The van der Waals surface area contributed by atoms with E-state index in [9.17, 15) is 4.39 Å². The molecule has 1 aromatic rings. The largest absolute Gasteiger partial charge is 0.380 e. The molecule has 0 unspecified atom stereocenters. The summed E-state index contributed by atoms with van der Waals surface area (Å²) in [6, 6.07) is 0. The molecule has 1 aliphatic heterocycles. The number of aromatic nitrogens is 2. The smallest absolute Gasteiger partial charge is 0.162 e. The van der Waals surface area contributed by atoms with Crippen LogP contribution in [0.1, 0.15) is 24.4 Å². The van der Waals surface area contributed by atoms with Crippen molar-refractivity contribution < 1.29 is 9.13 Å². The summed E-state index contributed by atoms with van der Waals surface area (Å²) in [5.74, 6) is 0.888. The summed E-state index contributed by atoms with van der Waals surface area (Å²) in [7, 11) is 0. The van der Waals surface area contributed by atoms with Gasteiger partial charge in [0.15, 0.2) is 5.82 Å². The maximum absolute atomic E-state index is 13.6. The molecular formula is C14H20FN3O. The van der Waals surface area contributed by atoms with Gasteiger partial charge in [-0.2, -0.15) is 0 Å². The normalized spacial score (nSPS) is 30.9. The van der Waals surface area contributed by atoms with Crippen LogP contribution in [0.25, 0.3) is 0 Å². The Kier molecular flexibility index (Phi) is 3.50. The molecule has 3 rings (SSSR count). The molecule has 1 aliphatic carbocycles. The number of aryl methyl sites for hydroxylation is 1. The molecule has 5 heteroatoms. The minimum Gasteiger partial charge on any atom is -0.380 e. The highest BCUT2D eigenvalue weighted by atomic mass is 19.1. The second-order valence-corrected chi connectivity index (χ2v) is 5.92. The van der Waals surface area contributed by atoms with E-state index in [0.717, 1.165) is 45.6 Å². The van der Waals surface area contributed by atoms with Crippen LogP contribution in [0.3, 0.4) is 0 Å². The standard InChI is InChI=1S/C14H20FN3O/c1-10-17-7-12(15)13(18-10)4-11-5-14(6-11)8-16-2-3-19-9-14/h7,11,16H,2-6,8-9H2,1H3. The van der Waals surface area contributed by atoms with Crippen LogP contribution in [0.2, 0.25) is 0 Å². The lowest BCUT2D eigenvalue weighted by molar-refractivity contribution is -0.0208. The molecule has 4 nitrogen and oxygen atoms in total. The van der Waals surface area contributed by atoms with Crippen molar-refractivity contribution in [2.24, 2.45) is 11.3 Å². The van der Waals surface area contributed by atoms with Crippen LogP contribution in [0.4, 0.5) is 4.39 Å². The summed E-state index contributed by atoms with van der Waals surface area (Å²) in [6.07, 6.45) is 4.20. The van der Waals surface area contributed by atoms with E-state index in [0.29, 0.717) is 17.4 Å². The van der Waals surface area contributed by atoms with Crippen molar-refractivity contribution in [3.63, 3.8) is 0 Å². The summed E-state index contributed by atoms with van der Waals surface area (Å²) in [5.41, 5.74) is 0.842. The average molecular weight is 265 g/mol. The van der Waals surface area contributed by atoms with Gasteiger partial charge in [0.25, 0.3) is 0 Å². The molecule has 19 heavy (non-hydrogen) atoms. The lowest BCUT2D eigenvalue weighted by atomic mass is 9.61. The Bertz CT molecular complexity index is 450. The Morgan fingerprint density at radius 1 is 1.53 bits per heavy atom. The molecule has 2 aliphatic rings. The minimum absolute atomic E-state index is 0.276. The monoisotopic (exact) mass is 265 g/mol. The molecule has 1 spiro atoms. The SMILES string of the molecule is Cc1ncc(F)c(CC2CC3(CNCCOC3)C2)n1. The quantitative estimate of drug-likeness (QED) is 0.880. The molecule has 0 aromatic carbocycles. The third-order valence-corrected chi connectivity index (χ3v) is 4.19. The van der Waals surface area contributed by atoms with Crippen LogP contribution in [-0.4, -0.2) is 36.3 Å². The van der Waals surface area contributed by atoms with E-state index in [1.807, 2.05) is 0 Å². The van der Waals surface area contributed by atoms with Crippen LogP contribution in [0.15, 0.2) is 6.20 Å². The molecule has 1 saturated carbocycles. The van der Waals surface area contributed by atoms with Gasteiger partial charge in [-0.25, -0.2) is 14.4 Å². The molecule has 1 aromatic heterocycles. The highest BCUT2D eigenvalue weighted by molar-refractivity contribution is 5.09. The van der Waals surface area contributed by atoms with Crippen molar-refractivity contribution in [2.45, 2.75) is 26.2 Å². The number of hydrogen-bond acceptors (Lipinski definition) is 4. The second kappa shape index (κ2) is 5.13. The molecule has 0 bridgehead atoms. The second-order valence-electron chi connectivity index (χ2n) is 5.92. The predicted molar refractivity (Wildman–Crippen MR) is 69.3 cm³/mol. The van der Waals surface area contributed by atoms with Gasteiger partial charge in [0.05, 0.1) is 25.1 Å². The van der Waals surface area contributed by atoms with Gasteiger partial charge in [-0.15, -0.1) is 0 Å². The van der Waals surface area contributed by atoms with Crippen molar-refractivity contribution in [1.82, 2.24) is 15.3 Å². The van der Waals surface area contributed by atoms with Gasteiger partial charge in [0.1, 0.15) is 5.82 Å². The van der Waals surface area contributed by atoms with Gasteiger partial charge in [-0.05, 0) is 32.1 Å². The van der Waals surface area contributed by atoms with Gasteiger partial charge < -0.3 is 10.1 Å². The van der Waals surface area contributed by atoms with Crippen LogP contribution in [-0.2, 0) is 11.2 Å². The first-order chi connectivity index (χ1) is 9.17. The van der Waals surface area contributed by atoms with Gasteiger partial charge in [-0.3, -0.25) is 0 Å². The fraction of sp³-hybridized carbons (Fsp3) is 0.714. The molecule has 0 amide bonds. The van der Waals surface area contributed by atoms with Crippen molar-refractivity contribution in [1.29, 1.82) is 0 Å². The Balaban J connectivity index is 1.60. The number of ether oxygens (including phenoxy) is 1. The van der Waals surface area contributed by atoms with Crippen molar-refractivity contribution >= 4 is 0 Å². The zero-order valence-corrected chi connectivity index (χ0v) is 11.3. The Morgan fingerprint density at radius 2 is 2.37 bits per heavy atom. The highest BCUT2D eigenvalue weighted by Crippen LogP contribution is 2.47. The zero-order chi connectivity index (χ0) is 13.3. The molecule has 0 radical (unpaired) electrons. The summed E-state index contributed by atoms with van der Waals surface area (Å²) in [6.45, 7) is 5.39. The van der Waals surface area contributed by atoms with E-state index in [-0.39, 0.29) is 11.2 Å². The van der Waals surface area contributed by atoms with Crippen LogP contribution in [0.5, 0.6) is 0 Å². The summed E-state index contributed by atoms with van der Waals surface area (Å²) < 4.78 is 19.3. The Morgan fingerprint density at radius 3 is 3.21 bits per heavy atom. The predicted octanol–water partition coefficient (Wildman–Crippen LogP) is 1.48. The maximum Gasteiger partial charge on any atom is 0.162 e. The minimum atomic E-state index is -0.276. The van der Waals surface area contributed by atoms with E-state index in [1.54, 1.807) is 6.92 Å². The van der Waals surface area contributed by atoms with Crippen molar-refractivity contribution in [3.8, 4) is 0 Å². The number of nitrogens with one attached hydrogen (secondary N) is 1. The van der Waals surface area contributed by atoms with E-state index in [2.05, 4.69) is 15.3 Å². The first-order valence-corrected chi connectivity index (χ1v) is 6.93. The van der Waals surface area contributed by atoms with Crippen molar-refractivity contribution in [3.05, 3.63) is 23.5 Å². The molecule has 1 saturated heterocycles. The topological polar surface area (TPSA) is 47.0 Å². The number of halogens is 1. The van der Waals surface area contributed by atoms with Crippen LogP contribution in [0, 0.1) is 24.1 Å².